The third kappa shape index (κ3) is 3.65. The molecule has 0 heterocycles. The zero-order valence-electron chi connectivity index (χ0n) is 7.57. The van der Waals surface area contributed by atoms with Crippen LogP contribution in [-0.4, -0.2) is 12.5 Å². The molecule has 0 saturated heterocycles. The van der Waals surface area contributed by atoms with Crippen LogP contribution in [0.2, 0.25) is 0 Å². The van der Waals surface area contributed by atoms with Crippen molar-refractivity contribution in [3.05, 3.63) is 36.6 Å². The van der Waals surface area contributed by atoms with Crippen molar-refractivity contribution in [3.8, 4) is 0 Å². The first-order valence-corrected chi connectivity index (χ1v) is 4.27. The maximum absolute atomic E-state index is 10.1. The fourth-order valence-corrected chi connectivity index (χ4v) is 0.926. The number of allylic oxidation sites excluding steroid dienone is 4. The predicted octanol–water partition coefficient (Wildman–Crippen LogP) is 2.29. The van der Waals surface area contributed by atoms with Crippen molar-refractivity contribution in [2.45, 2.75) is 12.8 Å². The molecule has 1 saturated carbocycles. The molecule has 0 unspecified atom stereocenters. The molecular formula is C11H13NO. The van der Waals surface area contributed by atoms with Crippen molar-refractivity contribution in [2.75, 3.05) is 0 Å². The van der Waals surface area contributed by atoms with E-state index in [0.717, 1.165) is 5.57 Å². The molecule has 0 radical (unpaired) electrons. The molecule has 0 spiro atoms. The van der Waals surface area contributed by atoms with Crippen LogP contribution in [0, 0.1) is 5.92 Å². The Morgan fingerprint density at radius 3 is 2.62 bits per heavy atom. The van der Waals surface area contributed by atoms with Crippen LogP contribution in [0.3, 0.4) is 0 Å². The largest absolute Gasteiger partial charge is 0.296 e. The van der Waals surface area contributed by atoms with E-state index in [4.69, 9.17) is 0 Å². The zero-order valence-corrected chi connectivity index (χ0v) is 7.57. The van der Waals surface area contributed by atoms with Gasteiger partial charge in [-0.3, -0.25) is 9.79 Å². The number of aliphatic imine (C=N–C) groups is 1. The van der Waals surface area contributed by atoms with Gasteiger partial charge in [-0.05, 0) is 24.8 Å². The molecular weight excluding hydrogens is 162 g/mol. The Bertz CT molecular complexity index is 282. The minimum absolute atomic E-state index is 0.238. The average Bonchev–Trinajstić information content (AvgIpc) is 2.94. The van der Waals surface area contributed by atoms with Crippen molar-refractivity contribution >= 4 is 12.5 Å². The number of hydrogen-bond donors (Lipinski definition) is 0. The first-order valence-electron chi connectivity index (χ1n) is 4.27. The van der Waals surface area contributed by atoms with Gasteiger partial charge in [-0.25, -0.2) is 0 Å². The van der Waals surface area contributed by atoms with Gasteiger partial charge in [0.05, 0.1) is 5.70 Å². The van der Waals surface area contributed by atoms with E-state index in [1.807, 2.05) is 6.08 Å². The highest BCUT2D eigenvalue weighted by Gasteiger charge is 2.22. The van der Waals surface area contributed by atoms with Crippen molar-refractivity contribution < 1.29 is 4.79 Å². The van der Waals surface area contributed by atoms with Gasteiger partial charge in [-0.1, -0.05) is 24.8 Å². The second-order valence-electron chi connectivity index (χ2n) is 3.10. The Labute approximate surface area is 78.4 Å². The minimum Gasteiger partial charge on any atom is -0.296 e. The molecule has 1 fully saturated rings. The van der Waals surface area contributed by atoms with Crippen LogP contribution >= 0.6 is 0 Å². The third-order valence-electron chi connectivity index (χ3n) is 1.87. The van der Waals surface area contributed by atoms with Gasteiger partial charge in [-0.15, -0.1) is 0 Å². The van der Waals surface area contributed by atoms with E-state index in [1.165, 1.54) is 12.8 Å². The van der Waals surface area contributed by atoms with E-state index in [2.05, 4.69) is 18.2 Å². The van der Waals surface area contributed by atoms with E-state index in [0.29, 0.717) is 12.2 Å². The molecule has 13 heavy (non-hydrogen) atoms. The van der Waals surface area contributed by atoms with Gasteiger partial charge in [0.25, 0.3) is 0 Å². The fraction of sp³-hybridized carbons (Fsp3) is 0.273. The van der Waals surface area contributed by atoms with Crippen LogP contribution in [0.15, 0.2) is 41.6 Å². The Morgan fingerprint density at radius 2 is 2.08 bits per heavy atom. The molecule has 1 aliphatic rings. The second-order valence-corrected chi connectivity index (χ2v) is 3.10. The topological polar surface area (TPSA) is 29.4 Å². The number of aldehydes is 1. The Hall–Kier alpha value is -1.44. The van der Waals surface area contributed by atoms with Crippen LogP contribution in [0.25, 0.3) is 0 Å². The number of carbonyl (C=O) groups excluding carboxylic acids is 1. The molecule has 2 nitrogen and oxygen atoms in total. The van der Waals surface area contributed by atoms with E-state index in [-0.39, 0.29) is 5.70 Å². The maximum atomic E-state index is 10.1. The van der Waals surface area contributed by atoms with Crippen LogP contribution in [-0.2, 0) is 4.79 Å². The number of hydrogen-bond acceptors (Lipinski definition) is 2. The normalized spacial score (nSPS) is 16.6. The Kier molecular flexibility index (Phi) is 3.38. The number of rotatable bonds is 5. The SMILES string of the molecule is C=C(C=O)N=C/C=C\C(=C)C1CC1. The quantitative estimate of drug-likeness (QED) is 0.273. The lowest BCUT2D eigenvalue weighted by atomic mass is 10.2. The first-order chi connectivity index (χ1) is 6.24. The minimum atomic E-state index is 0.238. The lowest BCUT2D eigenvalue weighted by Gasteiger charge is -1.90. The van der Waals surface area contributed by atoms with Crippen molar-refractivity contribution in [1.29, 1.82) is 0 Å². The Morgan fingerprint density at radius 1 is 1.38 bits per heavy atom. The summed E-state index contributed by atoms with van der Waals surface area (Å²) >= 11 is 0. The zero-order chi connectivity index (χ0) is 9.68. The lowest BCUT2D eigenvalue weighted by Crippen LogP contribution is -1.78. The maximum Gasteiger partial charge on any atom is 0.167 e. The molecule has 0 bridgehead atoms. The van der Waals surface area contributed by atoms with E-state index >= 15 is 0 Å². The number of carbonyl (C=O) groups is 1. The summed E-state index contributed by atoms with van der Waals surface area (Å²) in [4.78, 5) is 13.9. The summed E-state index contributed by atoms with van der Waals surface area (Å²) in [5, 5.41) is 0. The summed E-state index contributed by atoms with van der Waals surface area (Å²) in [6, 6.07) is 0. The van der Waals surface area contributed by atoms with E-state index in [1.54, 1.807) is 12.3 Å². The van der Waals surface area contributed by atoms with Gasteiger partial charge in [0, 0.05) is 6.21 Å². The summed E-state index contributed by atoms with van der Waals surface area (Å²) in [6.07, 6.45) is 8.40. The second kappa shape index (κ2) is 4.55. The first kappa shape index (κ1) is 9.65. The van der Waals surface area contributed by atoms with Gasteiger partial charge < -0.3 is 0 Å². The van der Waals surface area contributed by atoms with Crippen LogP contribution in [0.1, 0.15) is 12.8 Å². The molecule has 1 aliphatic carbocycles. The highest BCUT2D eigenvalue weighted by atomic mass is 16.1. The van der Waals surface area contributed by atoms with Gasteiger partial charge >= 0.3 is 0 Å². The Balaban J connectivity index is 2.31. The summed E-state index contributed by atoms with van der Waals surface area (Å²) in [7, 11) is 0. The van der Waals surface area contributed by atoms with Crippen molar-refractivity contribution in [2.24, 2.45) is 10.9 Å². The van der Waals surface area contributed by atoms with Gasteiger partial charge in [0.2, 0.25) is 0 Å². The summed E-state index contributed by atoms with van der Waals surface area (Å²) < 4.78 is 0. The van der Waals surface area contributed by atoms with Gasteiger partial charge in [-0.2, -0.15) is 0 Å². The summed E-state index contributed by atoms with van der Waals surface area (Å²) in [5.74, 6) is 0.680. The average molecular weight is 175 g/mol. The van der Waals surface area contributed by atoms with Crippen molar-refractivity contribution in [3.63, 3.8) is 0 Å². The third-order valence-corrected chi connectivity index (χ3v) is 1.87. The predicted molar refractivity (Wildman–Crippen MR) is 54.7 cm³/mol. The highest BCUT2D eigenvalue weighted by Crippen LogP contribution is 2.35. The van der Waals surface area contributed by atoms with E-state index in [9.17, 15) is 4.79 Å². The van der Waals surface area contributed by atoms with Crippen LogP contribution in [0.5, 0.6) is 0 Å². The summed E-state index contributed by atoms with van der Waals surface area (Å²) in [5.41, 5.74) is 1.38. The number of nitrogens with zero attached hydrogens (tertiary/aromatic N) is 1. The molecule has 0 aromatic carbocycles. The molecule has 0 N–H and O–H groups in total. The molecule has 1 rings (SSSR count). The van der Waals surface area contributed by atoms with Crippen molar-refractivity contribution in [1.82, 2.24) is 0 Å². The molecule has 0 aliphatic heterocycles. The van der Waals surface area contributed by atoms with Crippen LogP contribution in [0.4, 0.5) is 0 Å². The van der Waals surface area contributed by atoms with Crippen LogP contribution < -0.4 is 0 Å². The standard InChI is InChI=1S/C11H13NO/c1-9(11-5-6-11)4-3-7-12-10(2)8-13/h3-4,7-8,11H,1-2,5-6H2/b4-3-,12-7?. The van der Waals surface area contributed by atoms with Gasteiger partial charge in [0.15, 0.2) is 6.29 Å². The van der Waals surface area contributed by atoms with E-state index < -0.39 is 0 Å². The lowest BCUT2D eigenvalue weighted by molar-refractivity contribution is -0.104. The fourth-order valence-electron chi connectivity index (χ4n) is 0.926. The molecule has 0 atom stereocenters. The van der Waals surface area contributed by atoms with Gasteiger partial charge in [0.1, 0.15) is 0 Å². The smallest absolute Gasteiger partial charge is 0.167 e. The molecule has 2 heteroatoms. The molecule has 68 valence electrons. The highest BCUT2D eigenvalue weighted by molar-refractivity contribution is 5.80. The molecule has 0 aromatic heterocycles. The molecule has 0 aromatic rings. The monoisotopic (exact) mass is 175 g/mol. The summed E-state index contributed by atoms with van der Waals surface area (Å²) in [6.45, 7) is 7.33. The molecule has 0 amide bonds.